The maximum Gasteiger partial charge on any atom is 0.211 e. The van der Waals surface area contributed by atoms with Gasteiger partial charge in [0.15, 0.2) is 0 Å². The molecular formula is C22H23NO2. The molecule has 0 fully saturated rings. The van der Waals surface area contributed by atoms with Crippen molar-refractivity contribution in [3.63, 3.8) is 0 Å². The molecule has 1 spiro atoms. The highest BCUT2D eigenvalue weighted by molar-refractivity contribution is 5.69. The van der Waals surface area contributed by atoms with Gasteiger partial charge in [-0.1, -0.05) is 36.4 Å². The van der Waals surface area contributed by atoms with E-state index >= 15 is 0 Å². The Morgan fingerprint density at radius 2 is 1.84 bits per heavy atom. The highest BCUT2D eigenvalue weighted by atomic mass is 16.5. The van der Waals surface area contributed by atoms with Crippen molar-refractivity contribution in [2.75, 3.05) is 19.1 Å². The van der Waals surface area contributed by atoms with Crippen molar-refractivity contribution < 1.29 is 9.47 Å². The van der Waals surface area contributed by atoms with Gasteiger partial charge in [0, 0.05) is 18.3 Å². The molecule has 0 N–H and O–H groups in total. The lowest BCUT2D eigenvalue weighted by Crippen LogP contribution is -2.57. The number of ether oxygens (including phenoxy) is 2. The third kappa shape index (κ3) is 2.12. The third-order valence-electron chi connectivity index (χ3n) is 5.52. The highest BCUT2D eigenvalue weighted by Crippen LogP contribution is 2.53. The van der Waals surface area contributed by atoms with E-state index in [1.165, 1.54) is 11.3 Å². The first-order valence-electron chi connectivity index (χ1n) is 8.56. The Hall–Kier alpha value is -2.68. The van der Waals surface area contributed by atoms with E-state index in [1.807, 2.05) is 18.2 Å². The summed E-state index contributed by atoms with van der Waals surface area (Å²) in [6.07, 6.45) is 8.36. The van der Waals surface area contributed by atoms with E-state index in [-0.39, 0.29) is 5.41 Å². The largest absolute Gasteiger partial charge is 0.497 e. The Balaban J connectivity index is 1.90. The zero-order valence-electron chi connectivity index (χ0n) is 15.1. The number of anilines is 1. The van der Waals surface area contributed by atoms with Crippen LogP contribution in [0.4, 0.5) is 5.69 Å². The van der Waals surface area contributed by atoms with E-state index in [9.17, 15) is 0 Å². The van der Waals surface area contributed by atoms with Gasteiger partial charge in [-0.3, -0.25) is 0 Å². The fourth-order valence-electron chi connectivity index (χ4n) is 4.03. The highest BCUT2D eigenvalue weighted by Gasteiger charge is 2.56. The molecule has 2 aliphatic rings. The smallest absolute Gasteiger partial charge is 0.211 e. The van der Waals surface area contributed by atoms with Crippen LogP contribution >= 0.6 is 0 Å². The quantitative estimate of drug-likeness (QED) is 0.749. The van der Waals surface area contributed by atoms with E-state index in [2.05, 4.69) is 74.4 Å². The molecule has 0 aliphatic carbocycles. The van der Waals surface area contributed by atoms with Gasteiger partial charge in [-0.15, -0.1) is 0 Å². The predicted molar refractivity (Wildman–Crippen MR) is 102 cm³/mol. The monoisotopic (exact) mass is 333 g/mol. The first-order chi connectivity index (χ1) is 12.0. The summed E-state index contributed by atoms with van der Waals surface area (Å²) in [5.41, 5.74) is 2.71. The van der Waals surface area contributed by atoms with Crippen LogP contribution in [0.5, 0.6) is 11.5 Å². The fraction of sp³-hybridized carbons (Fsp3) is 0.273. The second kappa shape index (κ2) is 5.41. The number of likely N-dealkylation sites (N-methyl/N-ethyl adjacent to an activating group) is 1. The van der Waals surface area contributed by atoms with Crippen LogP contribution < -0.4 is 14.4 Å². The topological polar surface area (TPSA) is 21.7 Å². The molecule has 2 heterocycles. The standard InChI is InChI=1S/C22H23NO2/c1-21(2)18-10-5-6-11-19(18)23(3)22(21)14-8-7-9-16-15-17(24-4)12-13-20(16)25-22/h5-15H,1-4H3. The lowest BCUT2D eigenvalue weighted by atomic mass is 9.77. The minimum Gasteiger partial charge on any atom is -0.497 e. The van der Waals surface area contributed by atoms with Gasteiger partial charge in [0.1, 0.15) is 11.5 Å². The molecule has 0 saturated carbocycles. The van der Waals surface area contributed by atoms with Crippen molar-refractivity contribution in [2.24, 2.45) is 0 Å². The molecule has 1 atom stereocenters. The van der Waals surface area contributed by atoms with Gasteiger partial charge in [-0.2, -0.15) is 0 Å². The molecule has 0 bridgehead atoms. The number of hydrogen-bond acceptors (Lipinski definition) is 3. The molecule has 3 heteroatoms. The Labute approximate surface area is 149 Å². The van der Waals surface area contributed by atoms with Crippen LogP contribution in [-0.4, -0.2) is 19.9 Å². The summed E-state index contributed by atoms with van der Waals surface area (Å²) in [5, 5.41) is 0. The molecule has 2 aromatic carbocycles. The summed E-state index contributed by atoms with van der Waals surface area (Å²) >= 11 is 0. The van der Waals surface area contributed by atoms with E-state index in [0.29, 0.717) is 0 Å². The predicted octanol–water partition coefficient (Wildman–Crippen LogP) is 4.78. The summed E-state index contributed by atoms with van der Waals surface area (Å²) in [4.78, 5) is 2.24. The normalized spacial score (nSPS) is 22.8. The number of allylic oxidation sites excluding steroid dienone is 2. The maximum absolute atomic E-state index is 6.73. The molecular weight excluding hydrogens is 310 g/mol. The average molecular weight is 333 g/mol. The van der Waals surface area contributed by atoms with Gasteiger partial charge in [0.05, 0.1) is 12.5 Å². The van der Waals surface area contributed by atoms with E-state index < -0.39 is 5.72 Å². The number of rotatable bonds is 1. The van der Waals surface area contributed by atoms with Gasteiger partial charge >= 0.3 is 0 Å². The van der Waals surface area contributed by atoms with Crippen molar-refractivity contribution in [3.8, 4) is 11.5 Å². The van der Waals surface area contributed by atoms with Gasteiger partial charge < -0.3 is 14.4 Å². The van der Waals surface area contributed by atoms with Crippen LogP contribution in [0.15, 0.2) is 60.7 Å². The van der Waals surface area contributed by atoms with Gasteiger partial charge in [-0.25, -0.2) is 0 Å². The molecule has 128 valence electrons. The summed E-state index contributed by atoms with van der Waals surface area (Å²) in [7, 11) is 3.79. The van der Waals surface area contributed by atoms with Crippen LogP contribution in [0.3, 0.4) is 0 Å². The first kappa shape index (κ1) is 15.8. The summed E-state index contributed by atoms with van der Waals surface area (Å²) in [5.74, 6) is 1.68. The Kier molecular flexibility index (Phi) is 3.43. The molecule has 0 saturated heterocycles. The zero-order valence-corrected chi connectivity index (χ0v) is 15.1. The van der Waals surface area contributed by atoms with Gasteiger partial charge in [-0.05, 0) is 49.8 Å². The van der Waals surface area contributed by atoms with E-state index in [1.54, 1.807) is 7.11 Å². The lowest BCUT2D eigenvalue weighted by Gasteiger charge is -2.44. The van der Waals surface area contributed by atoms with Crippen molar-refractivity contribution >= 4 is 11.8 Å². The molecule has 4 rings (SSSR count). The van der Waals surface area contributed by atoms with Crippen LogP contribution in [0.2, 0.25) is 0 Å². The van der Waals surface area contributed by atoms with Crippen molar-refractivity contribution in [3.05, 3.63) is 71.8 Å². The van der Waals surface area contributed by atoms with Crippen LogP contribution in [0.25, 0.3) is 6.08 Å². The Morgan fingerprint density at radius 1 is 1.04 bits per heavy atom. The number of hydrogen-bond donors (Lipinski definition) is 0. The SMILES string of the molecule is COc1ccc2c(c1)C=CC=CC1(O2)N(C)c2ccccc2C1(C)C. The number of para-hydroxylation sites is 1. The molecule has 3 nitrogen and oxygen atoms in total. The van der Waals surface area contributed by atoms with Crippen LogP contribution in [0.1, 0.15) is 25.0 Å². The number of nitrogens with zero attached hydrogens (tertiary/aromatic N) is 1. The van der Waals surface area contributed by atoms with Gasteiger partial charge in [0.2, 0.25) is 5.72 Å². The number of fused-ring (bicyclic) bond motifs is 2. The minimum atomic E-state index is -0.592. The average Bonchev–Trinajstić information content (AvgIpc) is 2.77. The number of benzene rings is 2. The minimum absolute atomic E-state index is 0.211. The van der Waals surface area contributed by atoms with Crippen molar-refractivity contribution in [1.29, 1.82) is 0 Å². The lowest BCUT2D eigenvalue weighted by molar-refractivity contribution is 0.0598. The number of methoxy groups -OCH3 is 1. The van der Waals surface area contributed by atoms with Crippen molar-refractivity contribution in [1.82, 2.24) is 0 Å². The van der Waals surface area contributed by atoms with Crippen LogP contribution in [-0.2, 0) is 5.41 Å². The Morgan fingerprint density at radius 3 is 2.60 bits per heavy atom. The Bertz CT molecular complexity index is 881. The van der Waals surface area contributed by atoms with Gasteiger partial charge in [0.25, 0.3) is 0 Å². The molecule has 0 radical (unpaired) electrons. The van der Waals surface area contributed by atoms with E-state index in [4.69, 9.17) is 9.47 Å². The summed E-state index contributed by atoms with van der Waals surface area (Å²) in [6.45, 7) is 4.49. The molecule has 0 aromatic heterocycles. The summed E-state index contributed by atoms with van der Waals surface area (Å²) < 4.78 is 12.1. The molecule has 2 aliphatic heterocycles. The molecule has 1 unspecified atom stereocenters. The third-order valence-corrected chi connectivity index (χ3v) is 5.52. The molecule has 25 heavy (non-hydrogen) atoms. The van der Waals surface area contributed by atoms with Crippen LogP contribution in [0, 0.1) is 0 Å². The molecule has 2 aromatic rings. The van der Waals surface area contributed by atoms with E-state index in [0.717, 1.165) is 17.1 Å². The molecule has 0 amide bonds. The fourth-order valence-corrected chi connectivity index (χ4v) is 4.03. The maximum atomic E-state index is 6.73. The first-order valence-corrected chi connectivity index (χ1v) is 8.56. The second-order valence-electron chi connectivity index (χ2n) is 7.12. The second-order valence-corrected chi connectivity index (χ2v) is 7.12. The summed E-state index contributed by atoms with van der Waals surface area (Å²) in [6, 6.07) is 14.5. The zero-order chi connectivity index (χ0) is 17.7. The van der Waals surface area contributed by atoms with Crippen molar-refractivity contribution in [2.45, 2.75) is 25.0 Å².